The molecule has 0 spiro atoms. The van der Waals surface area contributed by atoms with Gasteiger partial charge < -0.3 is 4.74 Å². The molecular weight excluding hydrogens is 335 g/mol. The topological polar surface area (TPSA) is 72.8 Å². The molecule has 0 aliphatic heterocycles. The summed E-state index contributed by atoms with van der Waals surface area (Å²) in [6.45, 7) is 0.165. The second kappa shape index (κ2) is 6.44. The third-order valence-corrected chi connectivity index (χ3v) is 4.24. The summed E-state index contributed by atoms with van der Waals surface area (Å²) in [5.41, 5.74) is 2.72. The molecule has 2 aromatic carbocycles. The number of rotatable bonds is 4. The van der Waals surface area contributed by atoms with E-state index in [1.807, 2.05) is 6.07 Å². The van der Waals surface area contributed by atoms with Crippen LogP contribution in [0.25, 0.3) is 22.0 Å². The third-order valence-electron chi connectivity index (χ3n) is 4.24. The molecule has 2 aromatic heterocycles. The molecule has 4 aromatic rings. The second-order valence-electron chi connectivity index (χ2n) is 5.85. The molecule has 0 aliphatic carbocycles. The third kappa shape index (κ3) is 2.83. The number of halogens is 1. The number of methoxy groups -OCH3 is 1. The Balaban J connectivity index is 1.80. The number of hydrogen-bond donors (Lipinski definition) is 1. The quantitative estimate of drug-likeness (QED) is 0.614. The molecule has 0 radical (unpaired) electrons. The molecular formula is C19H15FN4O2. The molecule has 26 heavy (non-hydrogen) atoms. The summed E-state index contributed by atoms with van der Waals surface area (Å²) in [6, 6.07) is 9.69. The van der Waals surface area contributed by atoms with Crippen LogP contribution in [0.3, 0.4) is 0 Å². The summed E-state index contributed by atoms with van der Waals surface area (Å²) in [6.07, 6.45) is 4.91. The van der Waals surface area contributed by atoms with E-state index in [-0.39, 0.29) is 17.9 Å². The van der Waals surface area contributed by atoms with Gasteiger partial charge in [0.2, 0.25) is 0 Å². The van der Waals surface area contributed by atoms with Gasteiger partial charge in [-0.15, -0.1) is 0 Å². The molecule has 0 unspecified atom stereocenters. The minimum atomic E-state index is -0.384. The molecule has 4 rings (SSSR count). The van der Waals surface area contributed by atoms with Crippen molar-refractivity contribution >= 4 is 10.9 Å². The van der Waals surface area contributed by atoms with Crippen LogP contribution in [-0.4, -0.2) is 26.9 Å². The van der Waals surface area contributed by atoms with Gasteiger partial charge in [0, 0.05) is 17.3 Å². The van der Waals surface area contributed by atoms with Gasteiger partial charge in [0.25, 0.3) is 5.56 Å². The summed E-state index contributed by atoms with van der Waals surface area (Å²) in [5, 5.41) is 7.17. The molecule has 1 N–H and O–H groups in total. The minimum absolute atomic E-state index is 0.165. The molecule has 0 atom stereocenters. The van der Waals surface area contributed by atoms with Crippen LogP contribution < -0.4 is 10.3 Å². The summed E-state index contributed by atoms with van der Waals surface area (Å²) in [5.74, 6) is 0.135. The van der Waals surface area contributed by atoms with Gasteiger partial charge in [-0.2, -0.15) is 5.10 Å². The number of nitrogens with one attached hydrogen (secondary N) is 1. The first-order valence-electron chi connectivity index (χ1n) is 7.96. The van der Waals surface area contributed by atoms with Crippen LogP contribution >= 0.6 is 0 Å². The van der Waals surface area contributed by atoms with Crippen molar-refractivity contribution < 1.29 is 9.13 Å². The SMILES string of the molecule is COc1ccc(F)cc1Cn1cnc2ccc(-c3cn[nH]c3)cc2c1=O. The first kappa shape index (κ1) is 16.0. The highest BCUT2D eigenvalue weighted by Gasteiger charge is 2.10. The summed E-state index contributed by atoms with van der Waals surface area (Å²) in [7, 11) is 1.51. The van der Waals surface area contributed by atoms with Crippen LogP contribution in [0.4, 0.5) is 4.39 Å². The number of aromatic nitrogens is 4. The molecule has 6 nitrogen and oxygen atoms in total. The Bertz CT molecular complexity index is 1140. The van der Waals surface area contributed by atoms with E-state index in [0.29, 0.717) is 22.2 Å². The van der Waals surface area contributed by atoms with Gasteiger partial charge in [-0.05, 0) is 35.9 Å². The molecule has 0 saturated carbocycles. The van der Waals surface area contributed by atoms with Crippen molar-refractivity contribution in [2.24, 2.45) is 0 Å². The van der Waals surface area contributed by atoms with Crippen molar-refractivity contribution in [2.75, 3.05) is 7.11 Å². The molecule has 0 bridgehead atoms. The average Bonchev–Trinajstić information content (AvgIpc) is 3.19. The number of nitrogens with zero attached hydrogens (tertiary/aromatic N) is 3. The summed E-state index contributed by atoms with van der Waals surface area (Å²) >= 11 is 0. The van der Waals surface area contributed by atoms with Gasteiger partial charge in [-0.25, -0.2) is 9.37 Å². The van der Waals surface area contributed by atoms with Gasteiger partial charge in [0.1, 0.15) is 11.6 Å². The number of H-pyrrole nitrogens is 1. The Hall–Kier alpha value is -3.48. The van der Waals surface area contributed by atoms with Crippen molar-refractivity contribution in [1.29, 1.82) is 0 Å². The van der Waals surface area contributed by atoms with Gasteiger partial charge in [-0.1, -0.05) is 6.07 Å². The highest BCUT2D eigenvalue weighted by molar-refractivity contribution is 5.83. The van der Waals surface area contributed by atoms with Crippen molar-refractivity contribution in [3.8, 4) is 16.9 Å². The Morgan fingerprint density at radius 3 is 2.85 bits per heavy atom. The predicted molar refractivity (Wildman–Crippen MR) is 95.6 cm³/mol. The number of aromatic amines is 1. The normalized spacial score (nSPS) is 11.0. The van der Waals surface area contributed by atoms with Gasteiger partial charge in [0.05, 0.1) is 37.1 Å². The van der Waals surface area contributed by atoms with E-state index in [1.165, 1.54) is 30.1 Å². The molecule has 2 heterocycles. The fourth-order valence-electron chi connectivity index (χ4n) is 2.91. The largest absolute Gasteiger partial charge is 0.496 e. The van der Waals surface area contributed by atoms with Crippen molar-refractivity contribution in [3.63, 3.8) is 0 Å². The highest BCUT2D eigenvalue weighted by atomic mass is 19.1. The van der Waals surface area contributed by atoms with Crippen molar-refractivity contribution in [2.45, 2.75) is 6.54 Å². The van der Waals surface area contributed by atoms with Crippen molar-refractivity contribution in [1.82, 2.24) is 19.7 Å². The van der Waals surface area contributed by atoms with E-state index >= 15 is 0 Å². The first-order valence-corrected chi connectivity index (χ1v) is 7.96. The summed E-state index contributed by atoms with van der Waals surface area (Å²) in [4.78, 5) is 17.2. The van der Waals surface area contributed by atoms with E-state index in [1.54, 1.807) is 30.6 Å². The smallest absolute Gasteiger partial charge is 0.261 e. The Labute approximate surface area is 147 Å². The lowest BCUT2D eigenvalue weighted by Crippen LogP contribution is -2.21. The van der Waals surface area contributed by atoms with Gasteiger partial charge in [-0.3, -0.25) is 14.5 Å². The van der Waals surface area contributed by atoms with Crippen LogP contribution in [0.1, 0.15) is 5.56 Å². The van der Waals surface area contributed by atoms with Crippen molar-refractivity contribution in [3.05, 3.63) is 76.9 Å². The maximum atomic E-state index is 13.6. The second-order valence-corrected chi connectivity index (χ2v) is 5.85. The fraction of sp³-hybridized carbons (Fsp3) is 0.105. The zero-order valence-electron chi connectivity index (χ0n) is 13.9. The molecule has 0 fully saturated rings. The van der Waals surface area contributed by atoms with Crippen LogP contribution in [0.5, 0.6) is 5.75 Å². The van der Waals surface area contributed by atoms with E-state index in [0.717, 1.165) is 11.1 Å². The Morgan fingerprint density at radius 1 is 1.19 bits per heavy atom. The fourth-order valence-corrected chi connectivity index (χ4v) is 2.91. The standard InChI is InChI=1S/C19H15FN4O2/c1-26-18-5-3-15(20)6-13(18)10-24-11-21-17-4-2-12(7-16(17)19(24)25)14-8-22-23-9-14/h2-9,11H,10H2,1H3,(H,22,23). The maximum absolute atomic E-state index is 13.6. The lowest BCUT2D eigenvalue weighted by atomic mass is 10.1. The Morgan fingerprint density at radius 2 is 2.08 bits per heavy atom. The number of benzene rings is 2. The van der Waals surface area contributed by atoms with Crippen LogP contribution in [0, 0.1) is 5.82 Å². The van der Waals surface area contributed by atoms with Gasteiger partial charge >= 0.3 is 0 Å². The van der Waals surface area contributed by atoms with E-state index in [9.17, 15) is 9.18 Å². The summed E-state index contributed by atoms with van der Waals surface area (Å²) < 4.78 is 20.3. The minimum Gasteiger partial charge on any atom is -0.496 e. The van der Waals surface area contributed by atoms with Gasteiger partial charge in [0.15, 0.2) is 0 Å². The zero-order valence-corrected chi connectivity index (χ0v) is 13.9. The first-order chi connectivity index (χ1) is 12.7. The molecule has 7 heteroatoms. The lowest BCUT2D eigenvalue weighted by Gasteiger charge is -2.11. The van der Waals surface area contributed by atoms with Crippen LogP contribution in [0.15, 0.2) is 59.9 Å². The maximum Gasteiger partial charge on any atom is 0.261 e. The Kier molecular flexibility index (Phi) is 3.96. The van der Waals surface area contributed by atoms with E-state index < -0.39 is 0 Å². The number of fused-ring (bicyclic) bond motifs is 1. The molecule has 0 saturated heterocycles. The monoisotopic (exact) mass is 350 g/mol. The van der Waals surface area contributed by atoms with E-state index in [4.69, 9.17) is 4.74 Å². The van der Waals surface area contributed by atoms with Crippen LogP contribution in [-0.2, 0) is 6.54 Å². The van der Waals surface area contributed by atoms with E-state index in [2.05, 4.69) is 15.2 Å². The van der Waals surface area contributed by atoms with Crippen LogP contribution in [0.2, 0.25) is 0 Å². The average molecular weight is 350 g/mol. The zero-order chi connectivity index (χ0) is 18.1. The highest BCUT2D eigenvalue weighted by Crippen LogP contribution is 2.22. The number of hydrogen-bond acceptors (Lipinski definition) is 4. The number of ether oxygens (including phenoxy) is 1. The predicted octanol–water partition coefficient (Wildman–Crippen LogP) is 2.98. The molecule has 130 valence electrons. The molecule has 0 aliphatic rings. The molecule has 0 amide bonds. The lowest BCUT2D eigenvalue weighted by molar-refractivity contribution is 0.406.